The van der Waals surface area contributed by atoms with E-state index < -0.39 is 0 Å². The average Bonchev–Trinajstić information content (AvgIpc) is 3.48. The number of rotatable bonds is 8. The number of aromatic nitrogens is 1. The van der Waals surface area contributed by atoms with Crippen LogP contribution in [-0.4, -0.2) is 72.4 Å². The number of furan rings is 1. The van der Waals surface area contributed by atoms with Gasteiger partial charge in [0.2, 0.25) is 0 Å². The van der Waals surface area contributed by atoms with Gasteiger partial charge >= 0.3 is 0 Å². The normalized spacial score (nSPS) is 19.6. The lowest BCUT2D eigenvalue weighted by Gasteiger charge is -2.30. The van der Waals surface area contributed by atoms with Gasteiger partial charge in [0, 0.05) is 39.0 Å². The molecule has 0 spiro atoms. The lowest BCUT2D eigenvalue weighted by Crippen LogP contribution is -2.44. The summed E-state index contributed by atoms with van der Waals surface area (Å²) in [6.07, 6.45) is 5.34. The smallest absolute Gasteiger partial charge is 0.263 e. The van der Waals surface area contributed by atoms with E-state index in [1.807, 2.05) is 25.1 Å². The van der Waals surface area contributed by atoms with Gasteiger partial charge in [0.05, 0.1) is 38.7 Å². The molecule has 2 aliphatic rings. The summed E-state index contributed by atoms with van der Waals surface area (Å²) >= 11 is 0. The molecule has 0 N–H and O–H groups in total. The van der Waals surface area contributed by atoms with E-state index in [0.29, 0.717) is 44.2 Å². The van der Waals surface area contributed by atoms with Crippen molar-refractivity contribution in [1.29, 1.82) is 0 Å². The van der Waals surface area contributed by atoms with Crippen LogP contribution in [0.25, 0.3) is 0 Å². The van der Waals surface area contributed by atoms with Crippen LogP contribution in [0.1, 0.15) is 34.5 Å². The summed E-state index contributed by atoms with van der Waals surface area (Å²) in [5.74, 6) is 0.442. The van der Waals surface area contributed by atoms with E-state index in [0.717, 1.165) is 39.1 Å². The first-order valence-corrected chi connectivity index (χ1v) is 11.0. The summed E-state index contributed by atoms with van der Waals surface area (Å²) in [6.45, 7) is 7.71. The van der Waals surface area contributed by atoms with Crippen molar-refractivity contribution in [2.75, 3.05) is 46.0 Å². The Morgan fingerprint density at radius 1 is 1.23 bits per heavy atom. The molecule has 1 amide bonds. The Labute approximate surface area is 182 Å². The molecule has 8 heteroatoms. The SMILES string of the molecule is Cc1ccn(CC2CCCO2)c(=O)c1C(=O)N(CCN1CCOCC1)Cc1ccco1. The predicted molar refractivity (Wildman–Crippen MR) is 115 cm³/mol. The van der Waals surface area contributed by atoms with Gasteiger partial charge in [0.25, 0.3) is 11.5 Å². The van der Waals surface area contributed by atoms with E-state index in [-0.39, 0.29) is 23.1 Å². The molecule has 168 valence electrons. The van der Waals surface area contributed by atoms with Crippen LogP contribution in [0.5, 0.6) is 0 Å². The van der Waals surface area contributed by atoms with Crippen LogP contribution in [0.2, 0.25) is 0 Å². The Hall–Kier alpha value is -2.42. The van der Waals surface area contributed by atoms with Crippen LogP contribution in [0.4, 0.5) is 0 Å². The van der Waals surface area contributed by atoms with Crippen molar-refractivity contribution in [3.63, 3.8) is 0 Å². The number of hydrogen-bond donors (Lipinski definition) is 0. The van der Waals surface area contributed by atoms with Crippen molar-refractivity contribution >= 4 is 5.91 Å². The number of morpholine rings is 1. The summed E-state index contributed by atoms with van der Waals surface area (Å²) < 4.78 is 18.2. The van der Waals surface area contributed by atoms with Crippen molar-refractivity contribution in [2.24, 2.45) is 0 Å². The van der Waals surface area contributed by atoms with Gasteiger partial charge < -0.3 is 23.4 Å². The molecule has 8 nitrogen and oxygen atoms in total. The zero-order valence-corrected chi connectivity index (χ0v) is 18.1. The molecule has 0 radical (unpaired) electrons. The molecule has 0 bridgehead atoms. The largest absolute Gasteiger partial charge is 0.467 e. The van der Waals surface area contributed by atoms with Crippen LogP contribution in [0, 0.1) is 6.92 Å². The first-order chi connectivity index (χ1) is 15.1. The second-order valence-electron chi connectivity index (χ2n) is 8.23. The van der Waals surface area contributed by atoms with Gasteiger partial charge in [-0.1, -0.05) is 0 Å². The van der Waals surface area contributed by atoms with Crippen LogP contribution in [0.15, 0.2) is 39.9 Å². The van der Waals surface area contributed by atoms with Gasteiger partial charge in [-0.25, -0.2) is 0 Å². The molecule has 31 heavy (non-hydrogen) atoms. The molecule has 0 saturated carbocycles. The minimum atomic E-state index is -0.256. The van der Waals surface area contributed by atoms with E-state index in [2.05, 4.69) is 4.90 Å². The number of ether oxygens (including phenoxy) is 2. The number of carbonyl (C=O) groups is 1. The molecule has 0 aliphatic carbocycles. The summed E-state index contributed by atoms with van der Waals surface area (Å²) in [5, 5.41) is 0. The van der Waals surface area contributed by atoms with Crippen molar-refractivity contribution in [2.45, 2.75) is 39.0 Å². The average molecular weight is 430 g/mol. The molecule has 0 aromatic carbocycles. The molecule has 4 heterocycles. The number of pyridine rings is 1. The molecule has 2 aromatic rings. The first-order valence-electron chi connectivity index (χ1n) is 11.0. The zero-order valence-electron chi connectivity index (χ0n) is 18.1. The Bertz CT molecular complexity index is 912. The molecule has 2 saturated heterocycles. The van der Waals surface area contributed by atoms with E-state index >= 15 is 0 Å². The van der Waals surface area contributed by atoms with Crippen molar-refractivity contribution in [3.8, 4) is 0 Å². The summed E-state index contributed by atoms with van der Waals surface area (Å²) in [5.41, 5.74) is 0.666. The molecule has 1 unspecified atom stereocenters. The number of amides is 1. The third kappa shape index (κ3) is 5.44. The number of hydrogen-bond acceptors (Lipinski definition) is 6. The van der Waals surface area contributed by atoms with Gasteiger partial charge in [-0.3, -0.25) is 14.5 Å². The van der Waals surface area contributed by atoms with Crippen molar-refractivity contribution in [1.82, 2.24) is 14.4 Å². The molecular weight excluding hydrogens is 398 g/mol. The van der Waals surface area contributed by atoms with Gasteiger partial charge in [-0.05, 0) is 43.5 Å². The van der Waals surface area contributed by atoms with Crippen LogP contribution >= 0.6 is 0 Å². The molecule has 1 atom stereocenters. The van der Waals surface area contributed by atoms with Gasteiger partial charge in [-0.15, -0.1) is 0 Å². The molecular formula is C23H31N3O5. The van der Waals surface area contributed by atoms with E-state index in [4.69, 9.17) is 13.9 Å². The van der Waals surface area contributed by atoms with E-state index in [9.17, 15) is 9.59 Å². The fourth-order valence-electron chi connectivity index (χ4n) is 4.16. The summed E-state index contributed by atoms with van der Waals surface area (Å²) in [6, 6.07) is 5.50. The lowest BCUT2D eigenvalue weighted by atomic mass is 10.1. The van der Waals surface area contributed by atoms with Crippen molar-refractivity contribution < 1.29 is 18.7 Å². The highest BCUT2D eigenvalue weighted by Gasteiger charge is 2.25. The van der Waals surface area contributed by atoms with Crippen molar-refractivity contribution in [3.05, 3.63) is 57.9 Å². The zero-order chi connectivity index (χ0) is 21.6. The number of nitrogens with zero attached hydrogens (tertiary/aromatic N) is 3. The third-order valence-corrected chi connectivity index (χ3v) is 6.02. The Morgan fingerprint density at radius 3 is 2.77 bits per heavy atom. The highest BCUT2D eigenvalue weighted by atomic mass is 16.5. The fourth-order valence-corrected chi connectivity index (χ4v) is 4.16. The summed E-state index contributed by atoms with van der Waals surface area (Å²) in [7, 11) is 0. The Balaban J connectivity index is 1.55. The maximum atomic E-state index is 13.6. The number of aryl methyl sites for hydroxylation is 1. The molecule has 2 fully saturated rings. The maximum Gasteiger partial charge on any atom is 0.263 e. The highest BCUT2D eigenvalue weighted by molar-refractivity contribution is 5.95. The monoisotopic (exact) mass is 429 g/mol. The Kier molecular flexibility index (Phi) is 7.21. The van der Waals surface area contributed by atoms with Gasteiger partial charge in [0.1, 0.15) is 11.3 Å². The minimum absolute atomic E-state index is 0.0314. The fraction of sp³-hybridized carbons (Fsp3) is 0.565. The molecule has 2 aliphatic heterocycles. The lowest BCUT2D eigenvalue weighted by molar-refractivity contribution is 0.0316. The number of carbonyl (C=O) groups excluding carboxylic acids is 1. The standard InChI is InChI=1S/C23H31N3O5/c1-18-6-7-25(16-19-4-2-12-30-19)22(27)21(18)23(28)26(17-20-5-3-13-31-20)9-8-24-10-14-29-15-11-24/h3,5-7,13,19H,2,4,8-12,14-17H2,1H3. The van der Waals surface area contributed by atoms with Crippen LogP contribution in [0.3, 0.4) is 0 Å². The molecule has 2 aromatic heterocycles. The third-order valence-electron chi connectivity index (χ3n) is 6.02. The van der Waals surface area contributed by atoms with Crippen LogP contribution in [-0.2, 0) is 22.6 Å². The topological polar surface area (TPSA) is 77.2 Å². The quantitative estimate of drug-likeness (QED) is 0.638. The van der Waals surface area contributed by atoms with E-state index in [1.165, 1.54) is 0 Å². The predicted octanol–water partition coefficient (Wildman–Crippen LogP) is 1.90. The molecule has 4 rings (SSSR count). The second kappa shape index (κ2) is 10.3. The van der Waals surface area contributed by atoms with E-state index in [1.54, 1.807) is 21.9 Å². The van der Waals surface area contributed by atoms with Crippen LogP contribution < -0.4 is 5.56 Å². The highest BCUT2D eigenvalue weighted by Crippen LogP contribution is 2.15. The maximum absolute atomic E-state index is 13.6. The first kappa shape index (κ1) is 21.8. The summed E-state index contributed by atoms with van der Waals surface area (Å²) in [4.78, 5) is 30.8. The second-order valence-corrected chi connectivity index (χ2v) is 8.23. The van der Waals surface area contributed by atoms with Gasteiger partial charge in [-0.2, -0.15) is 0 Å². The minimum Gasteiger partial charge on any atom is -0.467 e. The Morgan fingerprint density at radius 2 is 2.06 bits per heavy atom. The van der Waals surface area contributed by atoms with Gasteiger partial charge in [0.15, 0.2) is 0 Å².